The van der Waals surface area contributed by atoms with Crippen molar-refractivity contribution in [3.05, 3.63) is 0 Å². The number of hydrogen-bond donors (Lipinski definition) is 0. The number of alkyl halides is 4. The smallest absolute Gasteiger partial charge is 0.372 e. The van der Waals surface area contributed by atoms with E-state index in [1.54, 1.807) is 4.90 Å². The first kappa shape index (κ1) is 16.6. The summed E-state index contributed by atoms with van der Waals surface area (Å²) in [6.45, 7) is -0.147. The Morgan fingerprint density at radius 1 is 1.42 bits per heavy atom. The molecule has 7 heteroatoms. The van der Waals surface area contributed by atoms with Crippen LogP contribution in [0.25, 0.3) is 0 Å². The average molecular weight is 302 g/mol. The molecule has 1 aliphatic rings. The van der Waals surface area contributed by atoms with Crippen molar-refractivity contribution in [1.82, 2.24) is 4.90 Å². The molecule has 112 valence electrons. The molecule has 3 nitrogen and oxygen atoms in total. The number of likely N-dealkylation sites (tertiary alicyclic amines) is 1. The fourth-order valence-corrected chi connectivity index (χ4v) is 2.50. The summed E-state index contributed by atoms with van der Waals surface area (Å²) >= 11 is 5.68. The number of piperidine rings is 1. The number of ether oxygens (including phenoxy) is 1. The van der Waals surface area contributed by atoms with E-state index in [0.717, 1.165) is 19.3 Å². The van der Waals surface area contributed by atoms with Crippen molar-refractivity contribution in [2.75, 3.05) is 32.2 Å². The molecule has 0 aliphatic carbocycles. The highest BCUT2D eigenvalue weighted by Gasteiger charge is 2.28. The van der Waals surface area contributed by atoms with Crippen LogP contribution in [0.5, 0.6) is 0 Å². The largest absolute Gasteiger partial charge is 0.411 e. The van der Waals surface area contributed by atoms with Crippen LogP contribution in [0.4, 0.5) is 13.2 Å². The van der Waals surface area contributed by atoms with Crippen LogP contribution >= 0.6 is 11.6 Å². The molecule has 0 aromatic carbocycles. The molecule has 1 unspecified atom stereocenters. The van der Waals surface area contributed by atoms with E-state index in [1.165, 1.54) is 0 Å². The van der Waals surface area contributed by atoms with Gasteiger partial charge in [-0.2, -0.15) is 13.2 Å². The lowest BCUT2D eigenvalue weighted by atomic mass is 9.95. The van der Waals surface area contributed by atoms with E-state index in [0.29, 0.717) is 24.9 Å². The Morgan fingerprint density at radius 3 is 2.79 bits per heavy atom. The Kier molecular flexibility index (Phi) is 6.93. The van der Waals surface area contributed by atoms with E-state index in [-0.39, 0.29) is 18.9 Å². The third kappa shape index (κ3) is 7.01. The fraction of sp³-hybridized carbons (Fsp3) is 0.917. The molecule has 1 heterocycles. The SMILES string of the molecule is O=C(CCOCC(F)(F)F)N1CCCC(CCCl)C1. The minimum absolute atomic E-state index is 0.00365. The molecule has 19 heavy (non-hydrogen) atoms. The predicted molar refractivity (Wildman–Crippen MR) is 66.1 cm³/mol. The van der Waals surface area contributed by atoms with Gasteiger partial charge < -0.3 is 9.64 Å². The molecule has 1 amide bonds. The lowest BCUT2D eigenvalue weighted by Crippen LogP contribution is -2.40. The Balaban J connectivity index is 2.21. The molecule has 1 atom stereocenters. The van der Waals surface area contributed by atoms with Gasteiger partial charge in [0.25, 0.3) is 0 Å². The van der Waals surface area contributed by atoms with Crippen molar-refractivity contribution in [3.63, 3.8) is 0 Å². The number of rotatable bonds is 6. The zero-order valence-corrected chi connectivity index (χ0v) is 11.5. The first-order valence-electron chi connectivity index (χ1n) is 6.40. The van der Waals surface area contributed by atoms with E-state index < -0.39 is 12.8 Å². The minimum Gasteiger partial charge on any atom is -0.372 e. The molecule has 0 N–H and O–H groups in total. The van der Waals surface area contributed by atoms with Gasteiger partial charge in [0.2, 0.25) is 5.91 Å². The van der Waals surface area contributed by atoms with Gasteiger partial charge in [-0.25, -0.2) is 0 Å². The number of carbonyl (C=O) groups excluding carboxylic acids is 1. The highest BCUT2D eigenvalue weighted by molar-refractivity contribution is 6.17. The summed E-state index contributed by atoms with van der Waals surface area (Å²) in [6, 6.07) is 0. The first-order valence-corrected chi connectivity index (χ1v) is 6.94. The molecule has 1 saturated heterocycles. The van der Waals surface area contributed by atoms with Crippen LogP contribution in [0.15, 0.2) is 0 Å². The molecule has 0 aromatic rings. The van der Waals surface area contributed by atoms with Crippen molar-refractivity contribution in [2.45, 2.75) is 31.9 Å². The maximum Gasteiger partial charge on any atom is 0.411 e. The zero-order chi connectivity index (χ0) is 14.3. The molecule has 0 aromatic heterocycles. The van der Waals surface area contributed by atoms with Gasteiger partial charge in [0.1, 0.15) is 6.61 Å². The lowest BCUT2D eigenvalue weighted by molar-refractivity contribution is -0.175. The fourth-order valence-electron chi connectivity index (χ4n) is 2.19. The number of nitrogens with zero attached hydrogens (tertiary/aromatic N) is 1. The normalized spacial score (nSPS) is 20.6. The van der Waals surface area contributed by atoms with E-state index in [2.05, 4.69) is 4.74 Å². The highest BCUT2D eigenvalue weighted by Crippen LogP contribution is 2.20. The minimum atomic E-state index is -4.33. The molecule has 0 spiro atoms. The van der Waals surface area contributed by atoms with Gasteiger partial charge in [-0.3, -0.25) is 4.79 Å². The van der Waals surface area contributed by atoms with Crippen molar-refractivity contribution in [3.8, 4) is 0 Å². The van der Waals surface area contributed by atoms with Crippen molar-refractivity contribution >= 4 is 17.5 Å². The Bertz CT molecular complexity index is 285. The predicted octanol–water partition coefficient (Wildman–Crippen LogP) is 2.82. The van der Waals surface area contributed by atoms with Crippen molar-refractivity contribution in [1.29, 1.82) is 0 Å². The summed E-state index contributed by atoms with van der Waals surface area (Å²) in [4.78, 5) is 13.5. The average Bonchev–Trinajstić information content (AvgIpc) is 2.34. The topological polar surface area (TPSA) is 29.5 Å². The van der Waals surface area contributed by atoms with Gasteiger partial charge in [0.05, 0.1) is 13.0 Å². The van der Waals surface area contributed by atoms with Gasteiger partial charge in [-0.05, 0) is 25.2 Å². The van der Waals surface area contributed by atoms with Crippen LogP contribution in [0, 0.1) is 5.92 Å². The van der Waals surface area contributed by atoms with Gasteiger partial charge in [0, 0.05) is 19.0 Å². The third-order valence-corrected chi connectivity index (χ3v) is 3.33. The quantitative estimate of drug-likeness (QED) is 0.558. The molecular weight excluding hydrogens is 283 g/mol. The van der Waals surface area contributed by atoms with Gasteiger partial charge in [-0.15, -0.1) is 11.6 Å². The third-order valence-electron chi connectivity index (χ3n) is 3.12. The van der Waals surface area contributed by atoms with E-state index in [1.807, 2.05) is 0 Å². The standard InChI is InChI=1S/C12H19ClF3NO2/c13-5-3-10-2-1-6-17(8-10)11(18)4-7-19-9-12(14,15)16/h10H,1-9H2. The first-order chi connectivity index (χ1) is 8.92. The number of hydrogen-bond acceptors (Lipinski definition) is 2. The van der Waals surface area contributed by atoms with E-state index in [9.17, 15) is 18.0 Å². The summed E-state index contributed by atoms with van der Waals surface area (Å²) in [5.41, 5.74) is 0. The highest BCUT2D eigenvalue weighted by atomic mass is 35.5. The second-order valence-electron chi connectivity index (χ2n) is 4.74. The van der Waals surface area contributed by atoms with Crippen LogP contribution in [0.1, 0.15) is 25.7 Å². The molecule has 1 rings (SSSR count). The van der Waals surface area contributed by atoms with Crippen LogP contribution in [0.2, 0.25) is 0 Å². The monoisotopic (exact) mass is 301 g/mol. The summed E-state index contributed by atoms with van der Waals surface area (Å²) in [5, 5.41) is 0. The maximum atomic E-state index is 11.8. The molecule has 0 radical (unpaired) electrons. The van der Waals surface area contributed by atoms with Crippen LogP contribution in [0.3, 0.4) is 0 Å². The summed E-state index contributed by atoms with van der Waals surface area (Å²) < 4.78 is 40.0. The second-order valence-corrected chi connectivity index (χ2v) is 5.12. The molecule has 0 saturated carbocycles. The summed E-state index contributed by atoms with van der Waals surface area (Å²) in [6.07, 6.45) is -1.48. The van der Waals surface area contributed by atoms with Gasteiger partial charge >= 0.3 is 6.18 Å². The van der Waals surface area contributed by atoms with Crippen LogP contribution in [-0.4, -0.2) is 49.2 Å². The van der Waals surface area contributed by atoms with Gasteiger partial charge in [0.15, 0.2) is 0 Å². The van der Waals surface area contributed by atoms with E-state index >= 15 is 0 Å². The molecular formula is C12H19ClF3NO2. The number of halogens is 4. The van der Waals surface area contributed by atoms with Crippen molar-refractivity contribution in [2.24, 2.45) is 5.92 Å². The zero-order valence-electron chi connectivity index (χ0n) is 10.7. The van der Waals surface area contributed by atoms with Crippen LogP contribution < -0.4 is 0 Å². The van der Waals surface area contributed by atoms with E-state index in [4.69, 9.17) is 11.6 Å². The van der Waals surface area contributed by atoms with Gasteiger partial charge in [-0.1, -0.05) is 0 Å². The number of amides is 1. The molecule has 0 bridgehead atoms. The maximum absolute atomic E-state index is 11.8. The summed E-state index contributed by atoms with van der Waals surface area (Å²) in [7, 11) is 0. The lowest BCUT2D eigenvalue weighted by Gasteiger charge is -2.32. The Morgan fingerprint density at radius 2 is 2.16 bits per heavy atom. The second kappa shape index (κ2) is 7.94. The molecule has 1 aliphatic heterocycles. The molecule has 1 fully saturated rings. The Hall–Kier alpha value is -0.490. The summed E-state index contributed by atoms with van der Waals surface area (Å²) in [5.74, 6) is 0.842. The van der Waals surface area contributed by atoms with Crippen molar-refractivity contribution < 1.29 is 22.7 Å². The Labute approximate surface area is 116 Å². The number of carbonyl (C=O) groups is 1. The van der Waals surface area contributed by atoms with Crippen LogP contribution in [-0.2, 0) is 9.53 Å².